The summed E-state index contributed by atoms with van der Waals surface area (Å²) in [6.07, 6.45) is 0. The van der Waals surface area contributed by atoms with E-state index in [2.05, 4.69) is 10.1 Å². The zero-order chi connectivity index (χ0) is 21.0. The summed E-state index contributed by atoms with van der Waals surface area (Å²) < 4.78 is 53.5. The van der Waals surface area contributed by atoms with Gasteiger partial charge in [0.2, 0.25) is 0 Å². The third-order valence-corrected chi connectivity index (χ3v) is 4.05. The number of aryl methyl sites for hydroxylation is 1. The molecule has 0 saturated heterocycles. The number of ether oxygens (including phenoxy) is 2. The summed E-state index contributed by atoms with van der Waals surface area (Å²) in [5, 5.41) is 2.56. The number of halogens is 4. The summed E-state index contributed by atoms with van der Waals surface area (Å²) in [6.45, 7) is -1.38. The minimum absolute atomic E-state index is 0.0527. The van der Waals surface area contributed by atoms with Gasteiger partial charge in [0.05, 0.1) is 10.7 Å². The molecule has 2 aromatic carbocycles. The molecule has 9 heteroatoms. The minimum atomic E-state index is -3.03. The summed E-state index contributed by atoms with van der Waals surface area (Å²) in [4.78, 5) is 12.4. The van der Waals surface area contributed by atoms with Crippen LogP contribution in [0.25, 0.3) is 0 Å². The SMILES string of the molecule is Cc1ccc(NC(=O)c2ccc(COc3ccc(F)cc3Cl)o2)c(OC(F)F)c1. The Morgan fingerprint density at radius 1 is 1.14 bits per heavy atom. The highest BCUT2D eigenvalue weighted by Crippen LogP contribution is 2.29. The topological polar surface area (TPSA) is 60.7 Å². The van der Waals surface area contributed by atoms with Gasteiger partial charge >= 0.3 is 6.61 Å². The lowest BCUT2D eigenvalue weighted by Gasteiger charge is -2.12. The highest BCUT2D eigenvalue weighted by atomic mass is 35.5. The number of benzene rings is 2. The molecule has 1 N–H and O–H groups in total. The van der Waals surface area contributed by atoms with E-state index >= 15 is 0 Å². The zero-order valence-electron chi connectivity index (χ0n) is 15.0. The maximum absolute atomic E-state index is 13.0. The fourth-order valence-electron chi connectivity index (χ4n) is 2.43. The van der Waals surface area contributed by atoms with Crippen LogP contribution in [-0.2, 0) is 6.61 Å². The Balaban J connectivity index is 1.66. The summed E-state index contributed by atoms with van der Waals surface area (Å²) in [5.41, 5.74) is 0.767. The van der Waals surface area contributed by atoms with Gasteiger partial charge in [-0.1, -0.05) is 17.7 Å². The predicted octanol–water partition coefficient (Wildman–Crippen LogP) is 5.81. The van der Waals surface area contributed by atoms with Crippen LogP contribution in [0.15, 0.2) is 52.9 Å². The first-order chi connectivity index (χ1) is 13.8. The third kappa shape index (κ3) is 5.45. The normalized spacial score (nSPS) is 10.8. The van der Waals surface area contributed by atoms with Gasteiger partial charge in [0.1, 0.15) is 29.7 Å². The molecule has 0 aliphatic carbocycles. The van der Waals surface area contributed by atoms with Crippen LogP contribution in [0.2, 0.25) is 5.02 Å². The summed E-state index contributed by atoms with van der Waals surface area (Å²) in [7, 11) is 0. The highest BCUT2D eigenvalue weighted by molar-refractivity contribution is 6.32. The molecule has 3 rings (SSSR count). The number of furan rings is 1. The molecule has 5 nitrogen and oxygen atoms in total. The summed E-state index contributed by atoms with van der Waals surface area (Å²) >= 11 is 5.88. The van der Waals surface area contributed by atoms with Crippen molar-refractivity contribution in [1.82, 2.24) is 0 Å². The Hall–Kier alpha value is -3.13. The van der Waals surface area contributed by atoms with Gasteiger partial charge in [0, 0.05) is 0 Å². The maximum Gasteiger partial charge on any atom is 0.387 e. The van der Waals surface area contributed by atoms with Crippen molar-refractivity contribution in [2.75, 3.05) is 5.32 Å². The van der Waals surface area contributed by atoms with Crippen LogP contribution >= 0.6 is 11.6 Å². The molecule has 1 aromatic heterocycles. The maximum atomic E-state index is 13.0. The third-order valence-electron chi connectivity index (χ3n) is 3.75. The molecular formula is C20H15ClF3NO4. The largest absolute Gasteiger partial charge is 0.484 e. The van der Waals surface area contributed by atoms with Crippen LogP contribution in [0.5, 0.6) is 11.5 Å². The van der Waals surface area contributed by atoms with Crippen molar-refractivity contribution in [1.29, 1.82) is 0 Å². The van der Waals surface area contributed by atoms with E-state index < -0.39 is 18.3 Å². The first-order valence-electron chi connectivity index (χ1n) is 8.35. The van der Waals surface area contributed by atoms with Crippen molar-refractivity contribution in [3.63, 3.8) is 0 Å². The van der Waals surface area contributed by atoms with Gasteiger partial charge in [-0.15, -0.1) is 0 Å². The van der Waals surface area contributed by atoms with Crippen molar-refractivity contribution in [2.24, 2.45) is 0 Å². The Bertz CT molecular complexity index is 1020. The molecule has 29 heavy (non-hydrogen) atoms. The van der Waals surface area contributed by atoms with Gasteiger partial charge in [-0.25, -0.2) is 4.39 Å². The molecule has 0 aliphatic heterocycles. The minimum Gasteiger partial charge on any atom is -0.484 e. The van der Waals surface area contributed by atoms with Crippen molar-refractivity contribution in [3.05, 3.63) is 76.5 Å². The van der Waals surface area contributed by atoms with Gasteiger partial charge in [0.15, 0.2) is 5.76 Å². The Labute approximate surface area is 169 Å². The zero-order valence-corrected chi connectivity index (χ0v) is 15.8. The molecule has 0 saturated carbocycles. The fourth-order valence-corrected chi connectivity index (χ4v) is 2.65. The monoisotopic (exact) mass is 425 g/mol. The average Bonchev–Trinajstić information content (AvgIpc) is 3.12. The van der Waals surface area contributed by atoms with Gasteiger partial charge in [0.25, 0.3) is 5.91 Å². The number of anilines is 1. The Morgan fingerprint density at radius 3 is 2.66 bits per heavy atom. The van der Waals surface area contributed by atoms with Crippen molar-refractivity contribution in [3.8, 4) is 11.5 Å². The Kier molecular flexibility index (Phi) is 6.33. The van der Waals surface area contributed by atoms with E-state index in [4.69, 9.17) is 20.8 Å². The number of carbonyl (C=O) groups is 1. The van der Waals surface area contributed by atoms with E-state index in [1.165, 1.54) is 36.4 Å². The lowest BCUT2D eigenvalue weighted by molar-refractivity contribution is -0.0494. The molecule has 0 aliphatic rings. The second-order valence-corrected chi connectivity index (χ2v) is 6.37. The lowest BCUT2D eigenvalue weighted by Crippen LogP contribution is -2.13. The van der Waals surface area contributed by atoms with E-state index in [1.807, 2.05) is 0 Å². The molecule has 0 unspecified atom stereocenters. The number of hydrogen-bond donors (Lipinski definition) is 1. The molecule has 0 spiro atoms. The van der Waals surface area contributed by atoms with Crippen molar-refractivity contribution >= 4 is 23.2 Å². The standard InChI is InChI=1S/C20H15ClF3NO4/c1-11-2-5-15(18(8-11)29-20(23)24)25-19(26)17-7-4-13(28-17)10-27-16-6-3-12(22)9-14(16)21/h2-9,20H,10H2,1H3,(H,25,26). The number of nitrogens with one attached hydrogen (secondary N) is 1. The quantitative estimate of drug-likeness (QED) is 0.518. The molecule has 1 amide bonds. The van der Waals surface area contributed by atoms with Gasteiger partial charge in [-0.3, -0.25) is 4.79 Å². The van der Waals surface area contributed by atoms with Crippen LogP contribution in [0.3, 0.4) is 0 Å². The van der Waals surface area contributed by atoms with E-state index in [-0.39, 0.29) is 34.6 Å². The lowest BCUT2D eigenvalue weighted by atomic mass is 10.2. The number of carbonyl (C=O) groups excluding carboxylic acids is 1. The van der Waals surface area contributed by atoms with E-state index in [0.717, 1.165) is 6.07 Å². The fraction of sp³-hybridized carbons (Fsp3) is 0.150. The molecule has 0 atom stereocenters. The van der Waals surface area contributed by atoms with Gasteiger partial charge < -0.3 is 19.2 Å². The predicted molar refractivity (Wildman–Crippen MR) is 100 cm³/mol. The molecule has 3 aromatic rings. The molecule has 152 valence electrons. The average molecular weight is 426 g/mol. The second kappa shape index (κ2) is 8.91. The van der Waals surface area contributed by atoms with E-state index in [9.17, 15) is 18.0 Å². The Morgan fingerprint density at radius 2 is 1.93 bits per heavy atom. The van der Waals surface area contributed by atoms with E-state index in [1.54, 1.807) is 13.0 Å². The summed E-state index contributed by atoms with van der Waals surface area (Å²) in [6, 6.07) is 11.1. The molecule has 0 radical (unpaired) electrons. The van der Waals surface area contributed by atoms with Crippen LogP contribution in [0.1, 0.15) is 21.9 Å². The summed E-state index contributed by atoms with van der Waals surface area (Å²) in [5.74, 6) is -0.802. The number of alkyl halides is 2. The van der Waals surface area contributed by atoms with Gasteiger partial charge in [-0.05, 0) is 55.0 Å². The molecular weight excluding hydrogens is 411 g/mol. The van der Waals surface area contributed by atoms with Crippen molar-refractivity contribution < 1.29 is 31.9 Å². The first-order valence-corrected chi connectivity index (χ1v) is 8.73. The second-order valence-electron chi connectivity index (χ2n) is 5.96. The molecule has 1 heterocycles. The van der Waals surface area contributed by atoms with Crippen LogP contribution < -0.4 is 14.8 Å². The van der Waals surface area contributed by atoms with Crippen LogP contribution in [0, 0.1) is 12.7 Å². The number of hydrogen-bond acceptors (Lipinski definition) is 4. The molecule has 0 bridgehead atoms. The molecule has 0 fully saturated rings. The van der Waals surface area contributed by atoms with Crippen LogP contribution in [0.4, 0.5) is 18.9 Å². The van der Waals surface area contributed by atoms with Crippen LogP contribution in [-0.4, -0.2) is 12.5 Å². The number of amides is 1. The highest BCUT2D eigenvalue weighted by Gasteiger charge is 2.16. The first kappa shape index (κ1) is 20.6. The van der Waals surface area contributed by atoms with E-state index in [0.29, 0.717) is 11.3 Å². The van der Waals surface area contributed by atoms with Gasteiger partial charge in [-0.2, -0.15) is 8.78 Å². The smallest absolute Gasteiger partial charge is 0.387 e. The van der Waals surface area contributed by atoms with Crippen molar-refractivity contribution in [2.45, 2.75) is 20.1 Å². The number of rotatable bonds is 7.